The smallest absolute Gasteiger partial charge is 0.249 e. The summed E-state index contributed by atoms with van der Waals surface area (Å²) >= 11 is 0. The fourth-order valence-corrected chi connectivity index (χ4v) is 4.49. The number of rotatable bonds is 3. The quantitative estimate of drug-likeness (QED) is 0.838. The van der Waals surface area contributed by atoms with Gasteiger partial charge in [0.2, 0.25) is 11.8 Å². The van der Waals surface area contributed by atoms with Crippen molar-refractivity contribution < 1.29 is 13.8 Å². The number of nitrogens with zero attached hydrogens (tertiary/aromatic N) is 1. The molecule has 0 aromatic carbocycles. The molecule has 5 nitrogen and oxygen atoms in total. The largest absolute Gasteiger partial charge is 0.340 e. The van der Waals surface area contributed by atoms with Crippen LogP contribution in [0.5, 0.6) is 0 Å². The second kappa shape index (κ2) is 5.84. The summed E-state index contributed by atoms with van der Waals surface area (Å²) in [6.07, 6.45) is 2.69. The van der Waals surface area contributed by atoms with Crippen molar-refractivity contribution in [1.82, 2.24) is 10.2 Å². The summed E-state index contributed by atoms with van der Waals surface area (Å²) in [7, 11) is -0.758. The first-order valence-electron chi connectivity index (χ1n) is 7.45. The van der Waals surface area contributed by atoms with E-state index in [0.29, 0.717) is 24.3 Å². The second-order valence-electron chi connectivity index (χ2n) is 5.75. The first-order chi connectivity index (χ1) is 9.45. The molecule has 114 valence electrons. The van der Waals surface area contributed by atoms with Gasteiger partial charge in [-0.05, 0) is 32.6 Å². The summed E-state index contributed by atoms with van der Waals surface area (Å²) in [5.74, 6) is 1.23. The minimum atomic E-state index is -0.758. The molecule has 6 heteroatoms. The van der Waals surface area contributed by atoms with Crippen LogP contribution in [0.1, 0.15) is 46.5 Å². The lowest BCUT2D eigenvalue weighted by molar-refractivity contribution is -0.158. The molecule has 20 heavy (non-hydrogen) atoms. The Hall–Kier alpha value is -0.910. The SMILES string of the molecule is CCC1(CC)NC(=O)C(C)N(C2CCS(=O)CC2)C1=O. The topological polar surface area (TPSA) is 66.5 Å². The summed E-state index contributed by atoms with van der Waals surface area (Å²) in [6, 6.07) is -0.371. The van der Waals surface area contributed by atoms with Gasteiger partial charge in [0.05, 0.1) is 0 Å². The number of carbonyl (C=O) groups excluding carboxylic acids is 2. The van der Waals surface area contributed by atoms with Crippen molar-refractivity contribution >= 4 is 22.6 Å². The molecule has 2 rings (SSSR count). The lowest BCUT2D eigenvalue weighted by atomic mass is 9.86. The molecule has 0 spiro atoms. The third kappa shape index (κ3) is 2.50. The number of amides is 2. The summed E-state index contributed by atoms with van der Waals surface area (Å²) in [6.45, 7) is 5.66. The highest BCUT2D eigenvalue weighted by Crippen LogP contribution is 2.29. The molecule has 2 fully saturated rings. The van der Waals surface area contributed by atoms with Crippen LogP contribution in [-0.4, -0.2) is 50.1 Å². The molecule has 2 aliphatic rings. The Kier molecular flexibility index (Phi) is 4.52. The number of carbonyl (C=O) groups is 2. The predicted octanol–water partition coefficient (Wildman–Crippen LogP) is 0.803. The first kappa shape index (κ1) is 15.5. The molecule has 0 aromatic heterocycles. The van der Waals surface area contributed by atoms with Gasteiger partial charge in [-0.3, -0.25) is 13.8 Å². The van der Waals surface area contributed by atoms with Crippen LogP contribution in [0, 0.1) is 0 Å². The van der Waals surface area contributed by atoms with Gasteiger partial charge < -0.3 is 10.2 Å². The molecule has 2 amide bonds. The highest BCUT2D eigenvalue weighted by atomic mass is 32.2. The average Bonchev–Trinajstić information content (AvgIpc) is 2.45. The van der Waals surface area contributed by atoms with Gasteiger partial charge in [-0.1, -0.05) is 13.8 Å². The van der Waals surface area contributed by atoms with Crippen LogP contribution in [-0.2, 0) is 20.4 Å². The van der Waals surface area contributed by atoms with Gasteiger partial charge in [-0.2, -0.15) is 0 Å². The highest BCUT2D eigenvalue weighted by molar-refractivity contribution is 7.85. The lowest BCUT2D eigenvalue weighted by Gasteiger charge is -2.48. The van der Waals surface area contributed by atoms with Crippen LogP contribution < -0.4 is 5.32 Å². The zero-order valence-corrected chi connectivity index (χ0v) is 13.3. The van der Waals surface area contributed by atoms with Crippen LogP contribution in [0.3, 0.4) is 0 Å². The van der Waals surface area contributed by atoms with Crippen LogP contribution in [0.2, 0.25) is 0 Å². The number of nitrogens with one attached hydrogen (secondary N) is 1. The maximum absolute atomic E-state index is 12.9. The predicted molar refractivity (Wildman–Crippen MR) is 78.7 cm³/mol. The molecule has 1 unspecified atom stereocenters. The van der Waals surface area contributed by atoms with E-state index in [0.717, 1.165) is 12.8 Å². The molecule has 2 saturated heterocycles. The Bertz CT molecular complexity index is 424. The number of hydrogen-bond donors (Lipinski definition) is 1. The van der Waals surface area contributed by atoms with Crippen LogP contribution in [0.25, 0.3) is 0 Å². The van der Waals surface area contributed by atoms with Gasteiger partial charge in [0.1, 0.15) is 11.6 Å². The van der Waals surface area contributed by atoms with Crippen molar-refractivity contribution in [2.45, 2.75) is 64.1 Å². The fourth-order valence-electron chi connectivity index (χ4n) is 3.21. The third-order valence-electron chi connectivity index (χ3n) is 4.76. The van der Waals surface area contributed by atoms with Crippen molar-refractivity contribution in [2.24, 2.45) is 0 Å². The van der Waals surface area contributed by atoms with Crippen molar-refractivity contribution in [3.05, 3.63) is 0 Å². The van der Waals surface area contributed by atoms with Gasteiger partial charge in [0.25, 0.3) is 0 Å². The normalized spacial score (nSPS) is 34.0. The molecule has 0 radical (unpaired) electrons. The van der Waals surface area contributed by atoms with Crippen molar-refractivity contribution in [3.63, 3.8) is 0 Å². The number of piperazine rings is 1. The maximum Gasteiger partial charge on any atom is 0.249 e. The van der Waals surface area contributed by atoms with Gasteiger partial charge in [0.15, 0.2) is 0 Å². The minimum absolute atomic E-state index is 0.0345. The molecular weight excluding hydrogens is 276 g/mol. The zero-order valence-electron chi connectivity index (χ0n) is 12.5. The van der Waals surface area contributed by atoms with E-state index in [4.69, 9.17) is 0 Å². The second-order valence-corrected chi connectivity index (χ2v) is 7.44. The van der Waals surface area contributed by atoms with Crippen LogP contribution in [0.15, 0.2) is 0 Å². The summed E-state index contributed by atoms with van der Waals surface area (Å²) in [5, 5.41) is 2.92. The van der Waals surface area contributed by atoms with E-state index in [-0.39, 0.29) is 17.9 Å². The Balaban J connectivity index is 2.26. The van der Waals surface area contributed by atoms with E-state index < -0.39 is 22.4 Å². The van der Waals surface area contributed by atoms with Gasteiger partial charge in [-0.15, -0.1) is 0 Å². The first-order valence-corrected chi connectivity index (χ1v) is 8.93. The molecule has 0 aromatic rings. The average molecular weight is 300 g/mol. The molecule has 0 aliphatic carbocycles. The number of hydrogen-bond acceptors (Lipinski definition) is 3. The molecule has 0 bridgehead atoms. The standard InChI is InChI=1S/C14H24N2O3S/c1-4-14(5-2)13(18)16(10(3)12(17)15-14)11-6-8-20(19)9-7-11/h10-11H,4-9H2,1-3H3,(H,15,17). The molecule has 2 aliphatic heterocycles. The van der Waals surface area contributed by atoms with E-state index in [1.54, 1.807) is 11.8 Å². The minimum Gasteiger partial charge on any atom is -0.340 e. The van der Waals surface area contributed by atoms with E-state index in [1.165, 1.54) is 0 Å². The van der Waals surface area contributed by atoms with Crippen molar-refractivity contribution in [2.75, 3.05) is 11.5 Å². The molecule has 2 heterocycles. The molecule has 0 saturated carbocycles. The highest BCUT2D eigenvalue weighted by Gasteiger charge is 2.49. The molecule has 1 atom stereocenters. The van der Waals surface area contributed by atoms with Gasteiger partial charge in [0, 0.05) is 28.3 Å². The maximum atomic E-state index is 12.9. The van der Waals surface area contributed by atoms with Crippen LogP contribution in [0.4, 0.5) is 0 Å². The van der Waals surface area contributed by atoms with E-state index in [1.807, 2.05) is 13.8 Å². The Morgan fingerprint density at radius 1 is 1.25 bits per heavy atom. The molecule has 1 N–H and O–H groups in total. The Morgan fingerprint density at radius 3 is 2.30 bits per heavy atom. The van der Waals surface area contributed by atoms with Crippen molar-refractivity contribution in [3.8, 4) is 0 Å². The van der Waals surface area contributed by atoms with Gasteiger partial charge in [-0.25, -0.2) is 0 Å². The Labute approximate surface area is 122 Å². The monoisotopic (exact) mass is 300 g/mol. The summed E-state index contributed by atoms with van der Waals surface area (Å²) < 4.78 is 11.5. The van der Waals surface area contributed by atoms with Crippen LogP contribution >= 0.6 is 0 Å². The molecular formula is C14H24N2O3S. The zero-order chi connectivity index (χ0) is 14.9. The summed E-state index contributed by atoms with van der Waals surface area (Å²) in [5.41, 5.74) is -0.750. The van der Waals surface area contributed by atoms with Crippen molar-refractivity contribution in [1.29, 1.82) is 0 Å². The Morgan fingerprint density at radius 2 is 1.80 bits per heavy atom. The van der Waals surface area contributed by atoms with Gasteiger partial charge >= 0.3 is 0 Å². The third-order valence-corrected chi connectivity index (χ3v) is 6.14. The summed E-state index contributed by atoms with van der Waals surface area (Å²) in [4.78, 5) is 26.9. The lowest BCUT2D eigenvalue weighted by Crippen LogP contribution is -2.71. The van der Waals surface area contributed by atoms with E-state index in [9.17, 15) is 13.8 Å². The van der Waals surface area contributed by atoms with E-state index >= 15 is 0 Å². The fraction of sp³-hybridized carbons (Fsp3) is 0.857. The van der Waals surface area contributed by atoms with E-state index in [2.05, 4.69) is 5.32 Å².